The minimum Gasteiger partial charge on any atom is -0.356 e. The summed E-state index contributed by atoms with van der Waals surface area (Å²) < 4.78 is 1.95. The van der Waals surface area contributed by atoms with Crippen LogP contribution in [0.4, 0.5) is 0 Å². The van der Waals surface area contributed by atoms with Gasteiger partial charge in [-0.15, -0.1) is 0 Å². The summed E-state index contributed by atoms with van der Waals surface area (Å²) in [6.07, 6.45) is 10.6. The molecule has 2 heterocycles. The molecule has 1 aromatic rings. The molecule has 2 fully saturated rings. The minimum atomic E-state index is 0.262. The fraction of sp³-hybridized carbons (Fsp3) is 0.750. The largest absolute Gasteiger partial charge is 0.356 e. The first kappa shape index (κ1) is 19.7. The highest BCUT2D eigenvalue weighted by molar-refractivity contribution is 5.81. The molecule has 2 aliphatic rings. The van der Waals surface area contributed by atoms with Gasteiger partial charge >= 0.3 is 0 Å². The number of nitrogens with one attached hydrogen (secondary N) is 2. The lowest BCUT2D eigenvalue weighted by Gasteiger charge is -2.26. The maximum absolute atomic E-state index is 12.7. The van der Waals surface area contributed by atoms with Crippen molar-refractivity contribution < 1.29 is 4.79 Å². The van der Waals surface area contributed by atoms with Crippen molar-refractivity contribution in [3.8, 4) is 0 Å². The van der Waals surface area contributed by atoms with Crippen LogP contribution in [-0.2, 0) is 11.3 Å². The number of rotatable bonds is 6. The molecule has 1 aliphatic heterocycles. The van der Waals surface area contributed by atoms with Gasteiger partial charge in [-0.2, -0.15) is 5.10 Å². The van der Waals surface area contributed by atoms with E-state index >= 15 is 0 Å². The molecule has 2 unspecified atom stereocenters. The maximum Gasteiger partial charge on any atom is 0.225 e. The molecule has 3 rings (SSSR count). The lowest BCUT2D eigenvalue weighted by Crippen LogP contribution is -2.46. The highest BCUT2D eigenvalue weighted by Gasteiger charge is 2.31. The summed E-state index contributed by atoms with van der Waals surface area (Å²) in [4.78, 5) is 19.1. The van der Waals surface area contributed by atoms with Crippen LogP contribution in [0.3, 0.4) is 0 Å². The SMILES string of the molecule is CN=C(NCC(C)Cn1cccn1)NC1CCN(C(=O)C2CCCCC2)C1. The number of aromatic nitrogens is 2. The first-order chi connectivity index (χ1) is 13.2. The Bertz CT molecular complexity index is 608. The normalized spacial score (nSPS) is 22.7. The van der Waals surface area contributed by atoms with E-state index in [1.54, 1.807) is 13.2 Å². The van der Waals surface area contributed by atoms with Crippen molar-refractivity contribution in [1.29, 1.82) is 0 Å². The van der Waals surface area contributed by atoms with Crippen LogP contribution in [0.5, 0.6) is 0 Å². The number of hydrogen-bond donors (Lipinski definition) is 2. The summed E-state index contributed by atoms with van der Waals surface area (Å²) in [7, 11) is 1.80. The third-order valence-electron chi connectivity index (χ3n) is 5.69. The van der Waals surface area contributed by atoms with Crippen LogP contribution in [-0.4, -0.2) is 59.3 Å². The van der Waals surface area contributed by atoms with Crippen LogP contribution >= 0.6 is 0 Å². The van der Waals surface area contributed by atoms with Gasteiger partial charge in [0, 0.05) is 57.6 Å². The van der Waals surface area contributed by atoms with E-state index in [9.17, 15) is 4.79 Å². The zero-order chi connectivity index (χ0) is 19.1. The van der Waals surface area contributed by atoms with Crippen molar-refractivity contribution in [2.45, 2.75) is 58.0 Å². The van der Waals surface area contributed by atoms with Gasteiger partial charge in [0.15, 0.2) is 5.96 Å². The molecular weight excluding hydrogens is 340 g/mol. The van der Waals surface area contributed by atoms with Crippen molar-refractivity contribution in [3.05, 3.63) is 18.5 Å². The number of hydrogen-bond acceptors (Lipinski definition) is 3. The van der Waals surface area contributed by atoms with Gasteiger partial charge in [-0.25, -0.2) is 0 Å². The van der Waals surface area contributed by atoms with Gasteiger partial charge in [-0.3, -0.25) is 14.5 Å². The number of guanidine groups is 1. The molecule has 7 heteroatoms. The van der Waals surface area contributed by atoms with Crippen LogP contribution in [0, 0.1) is 11.8 Å². The monoisotopic (exact) mass is 374 g/mol. The van der Waals surface area contributed by atoms with Crippen LogP contribution in [0.1, 0.15) is 45.4 Å². The third-order valence-corrected chi connectivity index (χ3v) is 5.69. The zero-order valence-corrected chi connectivity index (χ0v) is 16.7. The summed E-state index contributed by atoms with van der Waals surface area (Å²) in [5, 5.41) is 11.2. The van der Waals surface area contributed by atoms with Crippen molar-refractivity contribution in [1.82, 2.24) is 25.3 Å². The minimum absolute atomic E-state index is 0.262. The Balaban J connectivity index is 1.40. The first-order valence-corrected chi connectivity index (χ1v) is 10.4. The summed E-state index contributed by atoms with van der Waals surface area (Å²) in [6, 6.07) is 2.23. The molecule has 0 aromatic carbocycles. The van der Waals surface area contributed by atoms with Gasteiger partial charge < -0.3 is 15.5 Å². The number of amides is 1. The molecule has 0 radical (unpaired) electrons. The van der Waals surface area contributed by atoms with E-state index in [0.717, 1.165) is 51.4 Å². The van der Waals surface area contributed by atoms with Crippen LogP contribution < -0.4 is 10.6 Å². The predicted octanol–water partition coefficient (Wildman–Crippen LogP) is 1.87. The molecule has 1 aliphatic carbocycles. The Morgan fingerprint density at radius 2 is 2.11 bits per heavy atom. The molecule has 27 heavy (non-hydrogen) atoms. The number of carbonyl (C=O) groups excluding carboxylic acids is 1. The van der Waals surface area contributed by atoms with Gasteiger partial charge in [0.1, 0.15) is 0 Å². The second-order valence-electron chi connectivity index (χ2n) is 8.04. The van der Waals surface area contributed by atoms with Gasteiger partial charge in [-0.05, 0) is 31.2 Å². The van der Waals surface area contributed by atoms with Crippen LogP contribution in [0.2, 0.25) is 0 Å². The molecule has 1 saturated carbocycles. The standard InChI is InChI=1S/C20H34N6O/c1-16(14-26-11-6-10-23-26)13-22-20(21-2)24-18-9-12-25(15-18)19(27)17-7-4-3-5-8-17/h6,10-11,16-18H,3-5,7-9,12-15H2,1-2H3,(H2,21,22,24). The van der Waals surface area contributed by atoms with E-state index < -0.39 is 0 Å². The molecular formula is C20H34N6O. The van der Waals surface area contributed by atoms with E-state index in [1.165, 1.54) is 19.3 Å². The van der Waals surface area contributed by atoms with E-state index in [-0.39, 0.29) is 12.0 Å². The lowest BCUT2D eigenvalue weighted by atomic mass is 9.88. The molecule has 1 amide bonds. The smallest absolute Gasteiger partial charge is 0.225 e. The predicted molar refractivity (Wildman–Crippen MR) is 107 cm³/mol. The quantitative estimate of drug-likeness (QED) is 0.589. The summed E-state index contributed by atoms with van der Waals surface area (Å²) in [6.45, 7) is 5.56. The van der Waals surface area contributed by atoms with E-state index in [4.69, 9.17) is 0 Å². The fourth-order valence-electron chi connectivity index (χ4n) is 4.14. The van der Waals surface area contributed by atoms with Crippen molar-refractivity contribution in [2.24, 2.45) is 16.8 Å². The Kier molecular flexibility index (Phi) is 7.12. The number of nitrogens with zero attached hydrogens (tertiary/aromatic N) is 4. The highest BCUT2D eigenvalue weighted by atomic mass is 16.2. The molecule has 2 N–H and O–H groups in total. The Labute approximate surface area is 162 Å². The third kappa shape index (κ3) is 5.71. The summed E-state index contributed by atoms with van der Waals surface area (Å²) in [5.74, 6) is 1.89. The van der Waals surface area contributed by atoms with Gasteiger partial charge in [0.05, 0.1) is 0 Å². The van der Waals surface area contributed by atoms with Crippen molar-refractivity contribution >= 4 is 11.9 Å². The van der Waals surface area contributed by atoms with E-state index in [1.807, 2.05) is 16.9 Å². The Hall–Kier alpha value is -2.05. The average molecular weight is 375 g/mol. The molecule has 7 nitrogen and oxygen atoms in total. The summed E-state index contributed by atoms with van der Waals surface area (Å²) in [5.41, 5.74) is 0. The summed E-state index contributed by atoms with van der Waals surface area (Å²) >= 11 is 0. The number of likely N-dealkylation sites (tertiary alicyclic amines) is 1. The molecule has 1 aromatic heterocycles. The second kappa shape index (κ2) is 9.76. The second-order valence-corrected chi connectivity index (χ2v) is 8.04. The van der Waals surface area contributed by atoms with Gasteiger partial charge in [0.2, 0.25) is 5.91 Å². The molecule has 150 valence electrons. The van der Waals surface area contributed by atoms with Crippen LogP contribution in [0.15, 0.2) is 23.5 Å². The van der Waals surface area contributed by atoms with Gasteiger partial charge in [0.25, 0.3) is 0 Å². The number of aliphatic imine (C=N–C) groups is 1. The zero-order valence-electron chi connectivity index (χ0n) is 16.7. The average Bonchev–Trinajstić information content (AvgIpc) is 3.37. The number of carbonyl (C=O) groups is 1. The fourth-order valence-corrected chi connectivity index (χ4v) is 4.14. The lowest BCUT2D eigenvalue weighted by molar-refractivity contribution is -0.135. The molecule has 1 saturated heterocycles. The first-order valence-electron chi connectivity index (χ1n) is 10.4. The molecule has 0 spiro atoms. The molecule has 2 atom stereocenters. The van der Waals surface area contributed by atoms with Crippen LogP contribution in [0.25, 0.3) is 0 Å². The topological polar surface area (TPSA) is 74.6 Å². The molecule has 0 bridgehead atoms. The maximum atomic E-state index is 12.7. The highest BCUT2D eigenvalue weighted by Crippen LogP contribution is 2.26. The van der Waals surface area contributed by atoms with Crippen molar-refractivity contribution in [3.63, 3.8) is 0 Å². The Morgan fingerprint density at radius 3 is 2.81 bits per heavy atom. The van der Waals surface area contributed by atoms with Gasteiger partial charge in [-0.1, -0.05) is 26.2 Å². The Morgan fingerprint density at radius 1 is 1.30 bits per heavy atom. The van der Waals surface area contributed by atoms with Crippen molar-refractivity contribution in [2.75, 3.05) is 26.7 Å². The van der Waals surface area contributed by atoms with E-state index in [0.29, 0.717) is 11.8 Å². The van der Waals surface area contributed by atoms with E-state index in [2.05, 4.69) is 32.5 Å².